The number of nitrogens with zero attached hydrogens (tertiary/aromatic N) is 2. The van der Waals surface area contributed by atoms with Gasteiger partial charge < -0.3 is 20.9 Å². The van der Waals surface area contributed by atoms with E-state index in [4.69, 9.17) is 0 Å². The molecule has 0 saturated carbocycles. The Hall–Kier alpha value is -3.16. The van der Waals surface area contributed by atoms with Crippen LogP contribution in [0, 0.1) is 11.6 Å². The number of para-hydroxylation sites is 1. The first-order valence-corrected chi connectivity index (χ1v) is 10.0. The van der Waals surface area contributed by atoms with E-state index in [0.29, 0.717) is 32.0 Å². The number of aliphatic imine (C=N–C) groups is 1. The van der Waals surface area contributed by atoms with Crippen molar-refractivity contribution in [2.45, 2.75) is 18.9 Å². The first-order chi connectivity index (χ1) is 14.6. The molecule has 8 heteroatoms. The van der Waals surface area contributed by atoms with Gasteiger partial charge in [-0.1, -0.05) is 36.4 Å². The fourth-order valence-electron chi connectivity index (χ4n) is 3.48. The molecule has 30 heavy (non-hydrogen) atoms. The lowest BCUT2D eigenvalue weighted by Gasteiger charge is -2.21. The summed E-state index contributed by atoms with van der Waals surface area (Å²) in [6.45, 7) is 1.63. The molecule has 2 aromatic carbocycles. The van der Waals surface area contributed by atoms with Crippen molar-refractivity contribution in [3.05, 3.63) is 65.7 Å². The summed E-state index contributed by atoms with van der Waals surface area (Å²) in [5.74, 6) is -0.778. The minimum Gasteiger partial charge on any atom is -0.365 e. The molecule has 0 aromatic heterocycles. The first-order valence-electron chi connectivity index (χ1n) is 10.0. The van der Waals surface area contributed by atoms with E-state index in [1.54, 1.807) is 11.9 Å². The average molecular weight is 415 g/mol. The van der Waals surface area contributed by atoms with Crippen LogP contribution >= 0.6 is 0 Å². The summed E-state index contributed by atoms with van der Waals surface area (Å²) < 4.78 is 28.0. The number of carbonyl (C=O) groups excluding carboxylic acids is 1. The zero-order valence-corrected chi connectivity index (χ0v) is 17.0. The highest BCUT2D eigenvalue weighted by molar-refractivity contribution is 5.86. The Morgan fingerprint density at radius 2 is 1.83 bits per heavy atom. The second-order valence-corrected chi connectivity index (χ2v) is 7.16. The Bertz CT molecular complexity index is 855. The number of rotatable bonds is 7. The average Bonchev–Trinajstić information content (AvgIpc) is 3.19. The molecule has 0 aliphatic carbocycles. The fraction of sp³-hybridized carbons (Fsp3) is 0.364. The van der Waals surface area contributed by atoms with Crippen LogP contribution in [0.3, 0.4) is 0 Å². The number of carbonyl (C=O) groups is 1. The van der Waals surface area contributed by atoms with Gasteiger partial charge in [-0.25, -0.2) is 8.78 Å². The Morgan fingerprint density at radius 1 is 1.10 bits per heavy atom. The van der Waals surface area contributed by atoms with Crippen molar-refractivity contribution in [3.63, 3.8) is 0 Å². The van der Waals surface area contributed by atoms with Gasteiger partial charge in [0.15, 0.2) is 5.96 Å². The third-order valence-electron chi connectivity index (χ3n) is 5.00. The highest BCUT2D eigenvalue weighted by Gasteiger charge is 2.27. The van der Waals surface area contributed by atoms with Crippen molar-refractivity contribution >= 4 is 17.6 Å². The van der Waals surface area contributed by atoms with Crippen molar-refractivity contribution in [3.8, 4) is 0 Å². The molecule has 3 N–H and O–H groups in total. The molecular weight excluding hydrogens is 388 g/mol. The molecule has 1 amide bonds. The second-order valence-electron chi connectivity index (χ2n) is 7.16. The smallest absolute Gasteiger partial charge is 0.239 e. The van der Waals surface area contributed by atoms with Crippen LogP contribution in [0.15, 0.2) is 53.5 Å². The zero-order valence-electron chi connectivity index (χ0n) is 17.0. The Morgan fingerprint density at radius 3 is 2.53 bits per heavy atom. The number of hydrogen-bond donors (Lipinski definition) is 3. The van der Waals surface area contributed by atoms with E-state index in [9.17, 15) is 13.6 Å². The molecule has 1 fully saturated rings. The first kappa shape index (κ1) is 21.5. The molecule has 1 unspecified atom stereocenters. The van der Waals surface area contributed by atoms with E-state index in [-0.39, 0.29) is 24.2 Å². The lowest BCUT2D eigenvalue weighted by molar-refractivity contribution is -0.119. The molecule has 1 saturated heterocycles. The van der Waals surface area contributed by atoms with Crippen molar-refractivity contribution in [2.24, 2.45) is 4.99 Å². The van der Waals surface area contributed by atoms with E-state index in [1.807, 2.05) is 30.3 Å². The number of nitrogens with one attached hydrogen (secondary N) is 3. The van der Waals surface area contributed by atoms with Crippen LogP contribution in [0.1, 0.15) is 12.0 Å². The van der Waals surface area contributed by atoms with Crippen LogP contribution in [-0.4, -0.2) is 51.1 Å². The van der Waals surface area contributed by atoms with E-state index in [2.05, 4.69) is 20.9 Å². The summed E-state index contributed by atoms with van der Waals surface area (Å²) in [5, 5.41) is 9.07. The topological polar surface area (TPSA) is 68.8 Å². The van der Waals surface area contributed by atoms with Gasteiger partial charge in [0.25, 0.3) is 0 Å². The maximum atomic E-state index is 14.0. The normalized spacial score (nSPS) is 16.4. The highest BCUT2D eigenvalue weighted by atomic mass is 19.1. The standard InChI is InChI=1S/C22H27F2N5O/c1-25-22(27-14-20(30)26-12-10-16-6-3-2-4-7-16)28-17-11-13-29(15-17)21-18(23)8-5-9-19(21)24/h2-9,17H,10-15H2,1H3,(H,26,30)(H2,25,27,28). The number of amides is 1. The maximum Gasteiger partial charge on any atom is 0.239 e. The molecule has 2 aromatic rings. The summed E-state index contributed by atoms with van der Waals surface area (Å²) in [5.41, 5.74) is 1.17. The Labute approximate surface area is 175 Å². The van der Waals surface area contributed by atoms with Gasteiger partial charge in [0.1, 0.15) is 17.3 Å². The van der Waals surface area contributed by atoms with Gasteiger partial charge in [0.2, 0.25) is 5.91 Å². The number of benzene rings is 2. The molecule has 1 aliphatic heterocycles. The predicted octanol–water partition coefficient (Wildman–Crippen LogP) is 2.07. The molecule has 1 atom stereocenters. The van der Waals surface area contributed by atoms with Gasteiger partial charge in [-0.15, -0.1) is 0 Å². The summed E-state index contributed by atoms with van der Waals surface area (Å²) in [6.07, 6.45) is 1.47. The highest BCUT2D eigenvalue weighted by Crippen LogP contribution is 2.26. The fourth-order valence-corrected chi connectivity index (χ4v) is 3.48. The number of halogens is 2. The third-order valence-corrected chi connectivity index (χ3v) is 5.00. The third kappa shape index (κ3) is 5.92. The van der Waals surface area contributed by atoms with Crippen molar-refractivity contribution < 1.29 is 13.6 Å². The zero-order chi connectivity index (χ0) is 21.3. The molecule has 6 nitrogen and oxygen atoms in total. The molecule has 0 spiro atoms. The van der Waals surface area contributed by atoms with Crippen LogP contribution in [0.4, 0.5) is 14.5 Å². The van der Waals surface area contributed by atoms with Gasteiger partial charge in [0, 0.05) is 32.7 Å². The van der Waals surface area contributed by atoms with E-state index in [0.717, 1.165) is 6.42 Å². The molecule has 3 rings (SSSR count). The monoisotopic (exact) mass is 415 g/mol. The molecule has 160 valence electrons. The van der Waals surface area contributed by atoms with Crippen LogP contribution in [0.5, 0.6) is 0 Å². The Balaban J connectivity index is 1.41. The van der Waals surface area contributed by atoms with Gasteiger partial charge in [0.05, 0.1) is 6.54 Å². The van der Waals surface area contributed by atoms with Gasteiger partial charge in [-0.3, -0.25) is 9.79 Å². The number of guanidine groups is 1. The molecule has 1 aliphatic rings. The quantitative estimate of drug-likeness (QED) is 0.478. The Kier molecular flexibility index (Phi) is 7.59. The maximum absolute atomic E-state index is 14.0. The summed E-state index contributed by atoms with van der Waals surface area (Å²) in [7, 11) is 1.62. The van der Waals surface area contributed by atoms with Crippen molar-refractivity contribution in [2.75, 3.05) is 38.1 Å². The van der Waals surface area contributed by atoms with Crippen LogP contribution in [0.25, 0.3) is 0 Å². The van der Waals surface area contributed by atoms with Gasteiger partial charge >= 0.3 is 0 Å². The van der Waals surface area contributed by atoms with E-state index < -0.39 is 11.6 Å². The van der Waals surface area contributed by atoms with E-state index in [1.165, 1.54) is 23.8 Å². The molecule has 0 bridgehead atoms. The largest absolute Gasteiger partial charge is 0.365 e. The molecule has 1 heterocycles. The van der Waals surface area contributed by atoms with Crippen LogP contribution in [0.2, 0.25) is 0 Å². The lowest BCUT2D eigenvalue weighted by atomic mass is 10.1. The summed E-state index contributed by atoms with van der Waals surface area (Å²) in [6, 6.07) is 13.8. The number of hydrogen-bond acceptors (Lipinski definition) is 3. The summed E-state index contributed by atoms with van der Waals surface area (Å²) in [4.78, 5) is 17.9. The van der Waals surface area contributed by atoms with Crippen molar-refractivity contribution in [1.82, 2.24) is 16.0 Å². The second kappa shape index (κ2) is 10.6. The lowest BCUT2D eigenvalue weighted by Crippen LogP contribution is -2.47. The minimum atomic E-state index is -0.565. The van der Waals surface area contributed by atoms with Crippen LogP contribution < -0.4 is 20.9 Å². The van der Waals surface area contributed by atoms with Gasteiger partial charge in [-0.2, -0.15) is 0 Å². The van der Waals surface area contributed by atoms with Crippen LogP contribution in [-0.2, 0) is 11.2 Å². The molecular formula is C22H27F2N5O. The van der Waals surface area contributed by atoms with Crippen molar-refractivity contribution in [1.29, 1.82) is 0 Å². The number of anilines is 1. The van der Waals surface area contributed by atoms with Gasteiger partial charge in [-0.05, 0) is 30.5 Å². The SMILES string of the molecule is CN=C(NCC(=O)NCCc1ccccc1)NC1CCN(c2c(F)cccc2F)C1. The molecule has 0 radical (unpaired) electrons. The minimum absolute atomic E-state index is 0.00235. The summed E-state index contributed by atoms with van der Waals surface area (Å²) >= 11 is 0. The predicted molar refractivity (Wildman–Crippen MR) is 115 cm³/mol. The van der Waals surface area contributed by atoms with E-state index >= 15 is 0 Å².